The van der Waals surface area contributed by atoms with Crippen LogP contribution in [0, 0.1) is 0 Å². The van der Waals surface area contributed by atoms with Gasteiger partial charge in [0.1, 0.15) is 0 Å². The highest BCUT2D eigenvalue weighted by Crippen LogP contribution is 2.24. The van der Waals surface area contributed by atoms with Gasteiger partial charge in [-0.05, 0) is 18.6 Å². The van der Waals surface area contributed by atoms with Gasteiger partial charge in [0.15, 0.2) is 0 Å². The average Bonchev–Trinajstić information content (AvgIpc) is 2.76. The highest BCUT2D eigenvalue weighted by atomic mass is 79.9. The summed E-state index contributed by atoms with van der Waals surface area (Å²) in [6.45, 7) is 2.68. The fourth-order valence-electron chi connectivity index (χ4n) is 2.84. The van der Waals surface area contributed by atoms with E-state index in [1.807, 2.05) is 0 Å². The van der Waals surface area contributed by atoms with Crippen molar-refractivity contribution in [2.75, 3.05) is 6.54 Å². The minimum Gasteiger partial charge on any atom is -0.273 e. The van der Waals surface area contributed by atoms with Crippen LogP contribution in [0.15, 0.2) is 24.3 Å². The molecule has 0 aromatic heterocycles. The first-order chi connectivity index (χ1) is 10.6. The van der Waals surface area contributed by atoms with Crippen LogP contribution in [0.2, 0.25) is 0 Å². The summed E-state index contributed by atoms with van der Waals surface area (Å²) in [6.07, 6.45) is 8.53. The van der Waals surface area contributed by atoms with Crippen LogP contribution in [0.5, 0.6) is 0 Å². The number of halogens is 1. The number of benzene rings is 1. The molecule has 1 heterocycles. The van der Waals surface area contributed by atoms with Crippen molar-refractivity contribution in [2.24, 2.45) is 0 Å². The van der Waals surface area contributed by atoms with Gasteiger partial charge in [-0.3, -0.25) is 14.5 Å². The largest absolute Gasteiger partial charge is 0.273 e. The molecule has 0 saturated heterocycles. The minimum absolute atomic E-state index is 0.159. The molecule has 1 unspecified atom stereocenters. The molecular weight excluding hydrogens is 342 g/mol. The molecule has 0 aliphatic carbocycles. The van der Waals surface area contributed by atoms with Crippen molar-refractivity contribution >= 4 is 27.7 Å². The number of carbonyl (C=O) groups excluding carboxylic acids is 2. The van der Waals surface area contributed by atoms with E-state index in [9.17, 15) is 9.59 Å². The summed E-state index contributed by atoms with van der Waals surface area (Å²) in [5, 5.41) is 0. The molecule has 120 valence electrons. The Hall–Kier alpha value is -1.16. The molecule has 1 atom stereocenters. The Labute approximate surface area is 141 Å². The second-order valence-corrected chi connectivity index (χ2v) is 7.22. The smallest absolute Gasteiger partial charge is 0.261 e. The van der Waals surface area contributed by atoms with E-state index in [0.717, 1.165) is 12.8 Å². The Balaban J connectivity index is 1.77. The normalized spacial score (nSPS) is 15.3. The van der Waals surface area contributed by atoms with Crippen molar-refractivity contribution in [2.45, 2.75) is 56.7 Å². The lowest BCUT2D eigenvalue weighted by atomic mass is 10.1. The Morgan fingerprint density at radius 2 is 1.50 bits per heavy atom. The number of rotatable bonds is 9. The molecule has 0 N–H and O–H groups in total. The number of hydrogen-bond acceptors (Lipinski definition) is 2. The molecule has 1 aliphatic heterocycles. The first-order valence-electron chi connectivity index (χ1n) is 8.24. The Morgan fingerprint density at radius 1 is 0.955 bits per heavy atom. The maximum Gasteiger partial charge on any atom is 0.261 e. The van der Waals surface area contributed by atoms with Crippen LogP contribution in [-0.4, -0.2) is 28.1 Å². The molecule has 0 spiro atoms. The van der Waals surface area contributed by atoms with E-state index in [4.69, 9.17) is 0 Å². The predicted octanol–water partition coefficient (Wildman–Crippen LogP) is 4.80. The molecule has 1 aliphatic rings. The molecule has 2 amide bonds. The van der Waals surface area contributed by atoms with Crippen LogP contribution in [0.1, 0.15) is 72.6 Å². The van der Waals surface area contributed by atoms with Crippen molar-refractivity contribution in [3.05, 3.63) is 35.4 Å². The number of unbranched alkanes of at least 4 members (excludes halogenated alkanes) is 5. The molecule has 22 heavy (non-hydrogen) atoms. The number of fused-ring (bicyclic) bond motifs is 1. The van der Waals surface area contributed by atoms with Gasteiger partial charge in [-0.25, -0.2) is 0 Å². The third-order valence-electron chi connectivity index (χ3n) is 4.13. The molecule has 4 heteroatoms. The summed E-state index contributed by atoms with van der Waals surface area (Å²) >= 11 is 3.62. The van der Waals surface area contributed by atoms with E-state index in [-0.39, 0.29) is 16.6 Å². The second kappa shape index (κ2) is 8.47. The zero-order valence-electron chi connectivity index (χ0n) is 13.2. The number of nitrogens with zero attached hydrogens (tertiary/aromatic N) is 1. The summed E-state index contributed by atoms with van der Waals surface area (Å²) in [5.74, 6) is -0.319. The van der Waals surface area contributed by atoms with Crippen molar-refractivity contribution in [3.63, 3.8) is 0 Å². The highest BCUT2D eigenvalue weighted by molar-refractivity contribution is 9.09. The third kappa shape index (κ3) is 4.19. The monoisotopic (exact) mass is 365 g/mol. The van der Waals surface area contributed by atoms with Gasteiger partial charge in [-0.2, -0.15) is 0 Å². The van der Waals surface area contributed by atoms with Crippen molar-refractivity contribution in [3.8, 4) is 0 Å². The molecule has 0 fully saturated rings. The molecule has 1 aromatic rings. The summed E-state index contributed by atoms with van der Waals surface area (Å²) in [6, 6.07) is 7.06. The Bertz CT molecular complexity index is 495. The lowest BCUT2D eigenvalue weighted by Crippen LogP contribution is -2.34. The number of alkyl halides is 1. The number of imide groups is 1. The van der Waals surface area contributed by atoms with Gasteiger partial charge in [0.2, 0.25) is 0 Å². The molecule has 1 aromatic carbocycles. The molecule has 0 bridgehead atoms. The van der Waals surface area contributed by atoms with E-state index in [1.54, 1.807) is 24.3 Å². The number of hydrogen-bond donors (Lipinski definition) is 0. The molecule has 0 saturated carbocycles. The van der Waals surface area contributed by atoms with Crippen LogP contribution >= 0.6 is 15.9 Å². The lowest BCUT2D eigenvalue weighted by molar-refractivity contribution is 0.0654. The standard InChI is InChI=1S/C18H24BrNO2/c1-2-3-4-5-6-7-10-14(19)13-20-17(21)15-11-8-9-12-16(15)18(20)22/h8-9,11-12,14H,2-7,10,13H2,1H3. The maximum absolute atomic E-state index is 12.3. The summed E-state index contributed by atoms with van der Waals surface area (Å²) < 4.78 is 0. The first kappa shape index (κ1) is 17.2. The van der Waals surface area contributed by atoms with Crippen LogP contribution in [0.25, 0.3) is 0 Å². The molecular formula is C18H24BrNO2. The summed E-state index contributed by atoms with van der Waals surface area (Å²) in [4.78, 5) is 26.1. The fourth-order valence-corrected chi connectivity index (χ4v) is 3.45. The van der Waals surface area contributed by atoms with Crippen LogP contribution in [-0.2, 0) is 0 Å². The second-order valence-electron chi connectivity index (χ2n) is 5.92. The highest BCUT2D eigenvalue weighted by Gasteiger charge is 2.35. The van der Waals surface area contributed by atoms with Gasteiger partial charge in [0, 0.05) is 11.4 Å². The van der Waals surface area contributed by atoms with Gasteiger partial charge < -0.3 is 0 Å². The van der Waals surface area contributed by atoms with Crippen LogP contribution in [0.3, 0.4) is 0 Å². The van der Waals surface area contributed by atoms with E-state index in [0.29, 0.717) is 17.7 Å². The van der Waals surface area contributed by atoms with Crippen molar-refractivity contribution in [1.82, 2.24) is 4.90 Å². The Kier molecular flexibility index (Phi) is 6.62. The van der Waals surface area contributed by atoms with E-state index < -0.39 is 0 Å². The van der Waals surface area contributed by atoms with Gasteiger partial charge in [-0.15, -0.1) is 0 Å². The zero-order valence-corrected chi connectivity index (χ0v) is 14.8. The topological polar surface area (TPSA) is 37.4 Å². The van der Waals surface area contributed by atoms with Gasteiger partial charge >= 0.3 is 0 Å². The predicted molar refractivity (Wildman–Crippen MR) is 92.5 cm³/mol. The van der Waals surface area contributed by atoms with Crippen molar-refractivity contribution in [1.29, 1.82) is 0 Å². The van der Waals surface area contributed by atoms with Gasteiger partial charge in [0.05, 0.1) is 11.1 Å². The summed E-state index contributed by atoms with van der Waals surface area (Å²) in [5.41, 5.74) is 1.07. The Morgan fingerprint density at radius 3 is 2.09 bits per heavy atom. The van der Waals surface area contributed by atoms with E-state index >= 15 is 0 Å². The SMILES string of the molecule is CCCCCCCCC(Br)CN1C(=O)c2ccccc2C1=O. The minimum atomic E-state index is -0.159. The van der Waals surface area contributed by atoms with E-state index in [1.165, 1.54) is 37.0 Å². The average molecular weight is 366 g/mol. The lowest BCUT2D eigenvalue weighted by Gasteiger charge is -2.18. The fraction of sp³-hybridized carbons (Fsp3) is 0.556. The maximum atomic E-state index is 12.3. The van der Waals surface area contributed by atoms with Crippen LogP contribution < -0.4 is 0 Å². The quantitative estimate of drug-likeness (QED) is 0.358. The molecule has 2 rings (SSSR count). The zero-order chi connectivity index (χ0) is 15.9. The third-order valence-corrected chi connectivity index (χ3v) is 4.88. The van der Waals surface area contributed by atoms with Gasteiger partial charge in [0.25, 0.3) is 11.8 Å². The van der Waals surface area contributed by atoms with Crippen LogP contribution in [0.4, 0.5) is 0 Å². The number of amides is 2. The molecule has 0 radical (unpaired) electrons. The number of carbonyl (C=O) groups is 2. The first-order valence-corrected chi connectivity index (χ1v) is 9.16. The molecule has 3 nitrogen and oxygen atoms in total. The van der Waals surface area contributed by atoms with E-state index in [2.05, 4.69) is 22.9 Å². The van der Waals surface area contributed by atoms with Crippen molar-refractivity contribution < 1.29 is 9.59 Å². The summed E-state index contributed by atoms with van der Waals surface area (Å²) in [7, 11) is 0. The van der Waals surface area contributed by atoms with Gasteiger partial charge in [-0.1, -0.05) is 73.5 Å².